The van der Waals surface area contributed by atoms with Crippen molar-refractivity contribution in [1.29, 1.82) is 0 Å². The summed E-state index contributed by atoms with van der Waals surface area (Å²) in [5, 5.41) is 8.43. The number of rotatable bonds is 3. The zero-order valence-corrected chi connectivity index (χ0v) is 8.36. The Morgan fingerprint density at radius 3 is 3.07 bits per heavy atom. The molecule has 0 aromatic carbocycles. The molecular formula is C9H13N5. The minimum atomic E-state index is 0.737. The lowest BCUT2D eigenvalue weighted by molar-refractivity contribution is 0.775. The Morgan fingerprint density at radius 1 is 1.43 bits per heavy atom. The van der Waals surface area contributed by atoms with Gasteiger partial charge in [-0.1, -0.05) is 6.92 Å². The van der Waals surface area contributed by atoms with E-state index >= 15 is 0 Å². The van der Waals surface area contributed by atoms with E-state index in [1.54, 1.807) is 4.68 Å². The third-order valence-corrected chi connectivity index (χ3v) is 1.97. The summed E-state index contributed by atoms with van der Waals surface area (Å²) in [7, 11) is 1.88. The van der Waals surface area contributed by atoms with Crippen LogP contribution in [0.4, 0.5) is 5.82 Å². The van der Waals surface area contributed by atoms with Crippen molar-refractivity contribution in [2.75, 3.05) is 11.9 Å². The summed E-state index contributed by atoms with van der Waals surface area (Å²) in [6.45, 7) is 3.04. The average molecular weight is 191 g/mol. The molecule has 2 rings (SSSR count). The van der Waals surface area contributed by atoms with E-state index < -0.39 is 0 Å². The highest BCUT2D eigenvalue weighted by Gasteiger charge is 2.05. The van der Waals surface area contributed by atoms with E-state index in [-0.39, 0.29) is 0 Å². The first-order chi connectivity index (χ1) is 6.81. The SMILES string of the molecule is CCCNc1ncnc2nn(C)cc12. The molecule has 0 aliphatic carbocycles. The molecule has 0 fully saturated rings. The smallest absolute Gasteiger partial charge is 0.186 e. The number of aromatic nitrogens is 4. The number of nitrogens with one attached hydrogen (secondary N) is 1. The number of hydrogen-bond donors (Lipinski definition) is 1. The molecule has 1 N–H and O–H groups in total. The molecule has 0 unspecified atom stereocenters. The molecule has 2 heterocycles. The second-order valence-electron chi connectivity index (χ2n) is 3.19. The van der Waals surface area contributed by atoms with E-state index in [2.05, 4.69) is 27.3 Å². The van der Waals surface area contributed by atoms with Crippen LogP contribution in [0, 0.1) is 0 Å². The van der Waals surface area contributed by atoms with Crippen LogP contribution in [-0.4, -0.2) is 26.3 Å². The molecule has 0 aliphatic heterocycles. The lowest BCUT2D eigenvalue weighted by atomic mass is 10.4. The Hall–Kier alpha value is -1.65. The third kappa shape index (κ3) is 1.53. The first kappa shape index (κ1) is 8.93. The van der Waals surface area contributed by atoms with E-state index in [0.717, 1.165) is 29.8 Å². The highest BCUT2D eigenvalue weighted by molar-refractivity contribution is 5.85. The Kier molecular flexibility index (Phi) is 2.30. The zero-order chi connectivity index (χ0) is 9.97. The third-order valence-electron chi connectivity index (χ3n) is 1.97. The first-order valence-electron chi connectivity index (χ1n) is 4.69. The van der Waals surface area contributed by atoms with Gasteiger partial charge in [0.2, 0.25) is 0 Å². The second kappa shape index (κ2) is 3.61. The molecule has 5 heteroatoms. The van der Waals surface area contributed by atoms with Gasteiger partial charge in [-0.05, 0) is 6.42 Å². The molecule has 5 nitrogen and oxygen atoms in total. The van der Waals surface area contributed by atoms with Gasteiger partial charge in [0, 0.05) is 19.8 Å². The number of hydrogen-bond acceptors (Lipinski definition) is 4. The maximum Gasteiger partial charge on any atom is 0.186 e. The van der Waals surface area contributed by atoms with Crippen LogP contribution in [0.25, 0.3) is 11.0 Å². The fraction of sp³-hybridized carbons (Fsp3) is 0.444. The van der Waals surface area contributed by atoms with Gasteiger partial charge in [0.25, 0.3) is 0 Å². The number of nitrogens with zero attached hydrogens (tertiary/aromatic N) is 4. The standard InChI is InChI=1S/C9H13N5/c1-3-4-10-8-7-5-14(2)13-9(7)12-6-11-8/h5-6H,3-4H2,1-2H3,(H,10,11,12,13). The van der Waals surface area contributed by atoms with Crippen LogP contribution in [0.5, 0.6) is 0 Å². The molecule has 0 atom stereocenters. The largest absolute Gasteiger partial charge is 0.369 e. The van der Waals surface area contributed by atoms with Crippen LogP contribution >= 0.6 is 0 Å². The number of anilines is 1. The maximum absolute atomic E-state index is 4.21. The van der Waals surface area contributed by atoms with Crippen molar-refractivity contribution in [2.24, 2.45) is 7.05 Å². The molecule has 0 saturated carbocycles. The predicted octanol–water partition coefficient (Wildman–Crippen LogP) is 1.19. The summed E-state index contributed by atoms with van der Waals surface area (Å²) >= 11 is 0. The van der Waals surface area contributed by atoms with Crippen LogP contribution in [-0.2, 0) is 7.05 Å². The van der Waals surface area contributed by atoms with Crippen LogP contribution < -0.4 is 5.32 Å². The van der Waals surface area contributed by atoms with Gasteiger partial charge in [-0.15, -0.1) is 0 Å². The fourth-order valence-corrected chi connectivity index (χ4v) is 1.33. The van der Waals surface area contributed by atoms with Gasteiger partial charge >= 0.3 is 0 Å². The van der Waals surface area contributed by atoms with Crippen LogP contribution in [0.2, 0.25) is 0 Å². The molecular weight excluding hydrogens is 178 g/mol. The van der Waals surface area contributed by atoms with E-state index in [0.29, 0.717) is 0 Å². The van der Waals surface area contributed by atoms with Gasteiger partial charge in [-0.3, -0.25) is 4.68 Å². The molecule has 0 bridgehead atoms. The quantitative estimate of drug-likeness (QED) is 0.791. The van der Waals surface area contributed by atoms with Crippen molar-refractivity contribution in [3.8, 4) is 0 Å². The number of fused-ring (bicyclic) bond motifs is 1. The van der Waals surface area contributed by atoms with Crippen LogP contribution in [0.15, 0.2) is 12.5 Å². The predicted molar refractivity (Wildman–Crippen MR) is 55.1 cm³/mol. The molecule has 14 heavy (non-hydrogen) atoms. The molecule has 0 aliphatic rings. The summed E-state index contributed by atoms with van der Waals surface area (Å²) in [4.78, 5) is 8.27. The monoisotopic (exact) mass is 191 g/mol. The summed E-state index contributed by atoms with van der Waals surface area (Å²) in [5.74, 6) is 0.866. The van der Waals surface area contributed by atoms with Gasteiger partial charge in [0.15, 0.2) is 5.65 Å². The number of aryl methyl sites for hydroxylation is 1. The molecule has 0 saturated heterocycles. The Morgan fingerprint density at radius 2 is 2.29 bits per heavy atom. The lowest BCUT2D eigenvalue weighted by Crippen LogP contribution is -2.02. The van der Waals surface area contributed by atoms with Crippen molar-refractivity contribution in [3.05, 3.63) is 12.5 Å². The maximum atomic E-state index is 4.21. The van der Waals surface area contributed by atoms with Gasteiger partial charge < -0.3 is 5.32 Å². The summed E-state index contributed by atoms with van der Waals surface area (Å²) in [6, 6.07) is 0. The molecule has 74 valence electrons. The summed E-state index contributed by atoms with van der Waals surface area (Å²) in [5.41, 5.74) is 0.737. The van der Waals surface area contributed by atoms with E-state index in [1.165, 1.54) is 6.33 Å². The minimum Gasteiger partial charge on any atom is -0.369 e. The molecule has 0 spiro atoms. The Balaban J connectivity index is 2.42. The summed E-state index contributed by atoms with van der Waals surface area (Å²) < 4.78 is 1.75. The summed E-state index contributed by atoms with van der Waals surface area (Å²) in [6.07, 6.45) is 4.53. The lowest BCUT2D eigenvalue weighted by Gasteiger charge is -2.02. The van der Waals surface area contributed by atoms with Gasteiger partial charge in [0.1, 0.15) is 12.1 Å². The van der Waals surface area contributed by atoms with E-state index in [9.17, 15) is 0 Å². The highest BCUT2D eigenvalue weighted by Crippen LogP contribution is 2.16. The van der Waals surface area contributed by atoms with Crippen molar-refractivity contribution in [3.63, 3.8) is 0 Å². The van der Waals surface area contributed by atoms with E-state index in [4.69, 9.17) is 0 Å². The van der Waals surface area contributed by atoms with Crippen molar-refractivity contribution >= 4 is 16.9 Å². The van der Waals surface area contributed by atoms with Gasteiger partial charge in [-0.2, -0.15) is 5.10 Å². The second-order valence-corrected chi connectivity index (χ2v) is 3.19. The van der Waals surface area contributed by atoms with Crippen LogP contribution in [0.1, 0.15) is 13.3 Å². The zero-order valence-electron chi connectivity index (χ0n) is 8.36. The van der Waals surface area contributed by atoms with Gasteiger partial charge in [0.05, 0.1) is 5.39 Å². The molecule has 0 radical (unpaired) electrons. The minimum absolute atomic E-state index is 0.737. The topological polar surface area (TPSA) is 55.6 Å². The fourth-order valence-electron chi connectivity index (χ4n) is 1.33. The van der Waals surface area contributed by atoms with Crippen molar-refractivity contribution in [1.82, 2.24) is 19.7 Å². The Bertz CT molecular complexity index is 434. The first-order valence-corrected chi connectivity index (χ1v) is 4.69. The Labute approximate surface area is 82.2 Å². The molecule has 0 amide bonds. The molecule has 2 aromatic rings. The normalized spacial score (nSPS) is 10.7. The average Bonchev–Trinajstić information content (AvgIpc) is 2.55. The molecule has 2 aromatic heterocycles. The van der Waals surface area contributed by atoms with Crippen molar-refractivity contribution < 1.29 is 0 Å². The van der Waals surface area contributed by atoms with Crippen molar-refractivity contribution in [2.45, 2.75) is 13.3 Å². The highest BCUT2D eigenvalue weighted by atomic mass is 15.3. The van der Waals surface area contributed by atoms with Gasteiger partial charge in [-0.25, -0.2) is 9.97 Å². The van der Waals surface area contributed by atoms with Crippen LogP contribution in [0.3, 0.4) is 0 Å². The van der Waals surface area contributed by atoms with E-state index in [1.807, 2.05) is 13.2 Å².